The molecule has 0 radical (unpaired) electrons. The zero-order chi connectivity index (χ0) is 14.5. The molecule has 0 amide bonds. The zero-order valence-corrected chi connectivity index (χ0v) is 10.6. The smallest absolute Gasteiger partial charge is 0.373 e. The van der Waals surface area contributed by atoms with Gasteiger partial charge in [-0.2, -0.15) is 0 Å². The van der Waals surface area contributed by atoms with Crippen LogP contribution in [0.15, 0.2) is 30.9 Å². The van der Waals surface area contributed by atoms with Crippen LogP contribution in [-0.2, 0) is 4.74 Å². The van der Waals surface area contributed by atoms with E-state index in [4.69, 9.17) is 9.84 Å². The Labute approximate surface area is 114 Å². The van der Waals surface area contributed by atoms with E-state index in [1.54, 1.807) is 13.0 Å². The summed E-state index contributed by atoms with van der Waals surface area (Å²) in [5.41, 5.74) is 1.48. The van der Waals surface area contributed by atoms with Gasteiger partial charge in [0.25, 0.3) is 0 Å². The number of carbonyl (C=O) groups excluding carboxylic acids is 1. The predicted molar refractivity (Wildman–Crippen MR) is 68.2 cm³/mol. The van der Waals surface area contributed by atoms with Gasteiger partial charge in [-0.1, -0.05) is 0 Å². The Kier molecular flexibility index (Phi) is 3.99. The van der Waals surface area contributed by atoms with Crippen LogP contribution in [0.2, 0.25) is 0 Å². The van der Waals surface area contributed by atoms with E-state index in [0.29, 0.717) is 16.7 Å². The normalized spacial score (nSPS) is 10.1. The molecule has 0 spiro atoms. The van der Waals surface area contributed by atoms with Crippen molar-refractivity contribution in [3.05, 3.63) is 42.2 Å². The number of carboxylic acids is 1. The van der Waals surface area contributed by atoms with Gasteiger partial charge >= 0.3 is 11.9 Å². The van der Waals surface area contributed by atoms with E-state index in [1.807, 2.05) is 0 Å². The van der Waals surface area contributed by atoms with Gasteiger partial charge in [0.15, 0.2) is 0 Å². The number of aromatic carboxylic acids is 1. The highest BCUT2D eigenvalue weighted by Gasteiger charge is 2.10. The second-order valence-electron chi connectivity index (χ2n) is 3.78. The number of carboxylic acid groups (broad SMARTS) is 1. The molecule has 7 heteroatoms. The van der Waals surface area contributed by atoms with E-state index >= 15 is 0 Å². The lowest BCUT2D eigenvalue weighted by Crippen LogP contribution is -2.05. The molecule has 1 N–H and O–H groups in total. The fourth-order valence-corrected chi connectivity index (χ4v) is 1.51. The van der Waals surface area contributed by atoms with Crippen LogP contribution in [0.1, 0.15) is 27.9 Å². The van der Waals surface area contributed by atoms with Crippen molar-refractivity contribution >= 4 is 11.9 Å². The standard InChI is InChI=1S/C13H11N3O4/c1-2-20-13(19)9-3-8(4-14-5-9)10-6-15-11(12(17)18)16-7-10/h3-7H,2H2,1H3,(H,17,18). The maximum atomic E-state index is 11.6. The fourth-order valence-electron chi connectivity index (χ4n) is 1.51. The summed E-state index contributed by atoms with van der Waals surface area (Å²) in [5, 5.41) is 8.72. The Balaban J connectivity index is 2.31. The maximum absolute atomic E-state index is 11.6. The largest absolute Gasteiger partial charge is 0.475 e. The highest BCUT2D eigenvalue weighted by atomic mass is 16.5. The van der Waals surface area contributed by atoms with E-state index in [2.05, 4.69) is 15.0 Å². The number of rotatable bonds is 4. The summed E-state index contributed by atoms with van der Waals surface area (Å²) in [4.78, 5) is 33.6. The van der Waals surface area contributed by atoms with Crippen molar-refractivity contribution in [1.29, 1.82) is 0 Å². The third kappa shape index (κ3) is 2.94. The molecule has 20 heavy (non-hydrogen) atoms. The van der Waals surface area contributed by atoms with Crippen molar-refractivity contribution in [2.45, 2.75) is 6.92 Å². The molecule has 0 unspecified atom stereocenters. The van der Waals surface area contributed by atoms with Crippen LogP contribution < -0.4 is 0 Å². The van der Waals surface area contributed by atoms with Gasteiger partial charge in [-0.25, -0.2) is 19.6 Å². The summed E-state index contributed by atoms with van der Waals surface area (Å²) in [5.74, 6) is -1.96. The predicted octanol–water partition coefficient (Wildman–Crippen LogP) is 1.41. The molecule has 0 bridgehead atoms. The molecule has 0 aliphatic heterocycles. The van der Waals surface area contributed by atoms with Gasteiger partial charge in [-0.3, -0.25) is 4.98 Å². The zero-order valence-electron chi connectivity index (χ0n) is 10.6. The molecule has 2 aromatic heterocycles. The molecular weight excluding hydrogens is 262 g/mol. The third-order valence-corrected chi connectivity index (χ3v) is 2.43. The van der Waals surface area contributed by atoms with E-state index in [1.165, 1.54) is 24.8 Å². The Morgan fingerprint density at radius 2 is 1.85 bits per heavy atom. The lowest BCUT2D eigenvalue weighted by atomic mass is 10.1. The quantitative estimate of drug-likeness (QED) is 0.840. The monoisotopic (exact) mass is 273 g/mol. The van der Waals surface area contributed by atoms with Crippen molar-refractivity contribution in [2.24, 2.45) is 0 Å². The van der Waals surface area contributed by atoms with Crippen molar-refractivity contribution in [1.82, 2.24) is 15.0 Å². The van der Waals surface area contributed by atoms with Crippen LogP contribution >= 0.6 is 0 Å². The summed E-state index contributed by atoms with van der Waals surface area (Å²) in [6.45, 7) is 1.99. The molecule has 7 nitrogen and oxygen atoms in total. The fraction of sp³-hybridized carbons (Fsp3) is 0.154. The van der Waals surface area contributed by atoms with Gasteiger partial charge in [-0.05, 0) is 13.0 Å². The number of aromatic nitrogens is 3. The number of nitrogens with zero attached hydrogens (tertiary/aromatic N) is 3. The molecule has 2 rings (SSSR count). The van der Waals surface area contributed by atoms with Crippen LogP contribution in [0.4, 0.5) is 0 Å². The van der Waals surface area contributed by atoms with Crippen LogP contribution in [0.25, 0.3) is 11.1 Å². The lowest BCUT2D eigenvalue weighted by molar-refractivity contribution is 0.0525. The van der Waals surface area contributed by atoms with E-state index in [9.17, 15) is 9.59 Å². The molecule has 0 aromatic carbocycles. The molecule has 2 heterocycles. The molecule has 102 valence electrons. The van der Waals surface area contributed by atoms with Gasteiger partial charge in [-0.15, -0.1) is 0 Å². The van der Waals surface area contributed by atoms with Crippen LogP contribution in [0.3, 0.4) is 0 Å². The average Bonchev–Trinajstić information content (AvgIpc) is 2.48. The van der Waals surface area contributed by atoms with Crippen molar-refractivity contribution in [2.75, 3.05) is 6.61 Å². The van der Waals surface area contributed by atoms with Gasteiger partial charge in [0, 0.05) is 35.9 Å². The van der Waals surface area contributed by atoms with E-state index in [-0.39, 0.29) is 12.4 Å². The lowest BCUT2D eigenvalue weighted by Gasteiger charge is -2.04. The topological polar surface area (TPSA) is 102 Å². The maximum Gasteiger partial charge on any atom is 0.373 e. The molecule has 0 aliphatic rings. The molecule has 2 aromatic rings. The third-order valence-electron chi connectivity index (χ3n) is 2.43. The molecular formula is C13H11N3O4. The summed E-state index contributed by atoms with van der Waals surface area (Å²) in [6.07, 6.45) is 5.65. The Morgan fingerprint density at radius 1 is 1.15 bits per heavy atom. The number of carbonyl (C=O) groups is 2. The van der Waals surface area contributed by atoms with Crippen molar-refractivity contribution in [3.8, 4) is 11.1 Å². The molecule has 0 saturated heterocycles. The Morgan fingerprint density at radius 3 is 2.45 bits per heavy atom. The number of hydrogen-bond donors (Lipinski definition) is 1. The van der Waals surface area contributed by atoms with Gasteiger partial charge in [0.05, 0.1) is 12.2 Å². The SMILES string of the molecule is CCOC(=O)c1cncc(-c2cnc(C(=O)O)nc2)c1. The number of ether oxygens (including phenoxy) is 1. The molecule has 0 atom stereocenters. The summed E-state index contributed by atoms with van der Waals surface area (Å²) in [7, 11) is 0. The second kappa shape index (κ2) is 5.87. The van der Waals surface area contributed by atoms with E-state index in [0.717, 1.165) is 0 Å². The first-order chi connectivity index (χ1) is 9.61. The number of esters is 1. The van der Waals surface area contributed by atoms with Gasteiger partial charge in [0.1, 0.15) is 0 Å². The first-order valence-electron chi connectivity index (χ1n) is 5.79. The van der Waals surface area contributed by atoms with Crippen molar-refractivity contribution < 1.29 is 19.4 Å². The van der Waals surface area contributed by atoms with Gasteiger partial charge in [0.2, 0.25) is 5.82 Å². The van der Waals surface area contributed by atoms with E-state index < -0.39 is 11.9 Å². The molecule has 0 saturated carbocycles. The Hall–Kier alpha value is -2.83. The van der Waals surface area contributed by atoms with Crippen LogP contribution in [0.5, 0.6) is 0 Å². The average molecular weight is 273 g/mol. The first-order valence-corrected chi connectivity index (χ1v) is 5.79. The van der Waals surface area contributed by atoms with Gasteiger partial charge < -0.3 is 9.84 Å². The van der Waals surface area contributed by atoms with Crippen molar-refractivity contribution in [3.63, 3.8) is 0 Å². The minimum absolute atomic E-state index is 0.277. The molecule has 0 aliphatic carbocycles. The number of hydrogen-bond acceptors (Lipinski definition) is 6. The minimum atomic E-state index is -1.20. The molecule has 0 fully saturated rings. The summed E-state index contributed by atoms with van der Waals surface area (Å²) < 4.78 is 4.88. The van der Waals surface area contributed by atoms with Crippen LogP contribution in [-0.4, -0.2) is 38.6 Å². The summed E-state index contributed by atoms with van der Waals surface area (Å²) in [6, 6.07) is 1.59. The first kappa shape index (κ1) is 13.6. The summed E-state index contributed by atoms with van der Waals surface area (Å²) >= 11 is 0. The highest BCUT2D eigenvalue weighted by Crippen LogP contribution is 2.18. The minimum Gasteiger partial charge on any atom is -0.475 e. The number of pyridine rings is 1. The highest BCUT2D eigenvalue weighted by molar-refractivity contribution is 5.90. The Bertz CT molecular complexity index is 640. The second-order valence-corrected chi connectivity index (χ2v) is 3.78. The van der Waals surface area contributed by atoms with Crippen LogP contribution in [0, 0.1) is 0 Å².